The largest absolute Gasteiger partial charge is 0.394 e. The Morgan fingerprint density at radius 2 is 1.12 bits per heavy atom. The molecule has 0 unspecified atom stereocenters. The normalized spacial score (nSPS) is 15.7. The fourth-order valence-electron chi connectivity index (χ4n) is 3.50. The van der Waals surface area contributed by atoms with E-state index < -0.39 is 52.8 Å². The molecule has 1 heterocycles. The molecular formula is C20H23N9O12S. The maximum Gasteiger partial charge on any atom is 0.394 e. The highest BCUT2D eigenvalue weighted by molar-refractivity contribution is 7.79. The predicted molar refractivity (Wildman–Crippen MR) is 147 cm³/mol. The lowest BCUT2D eigenvalue weighted by molar-refractivity contribution is -0.393. The number of likely N-dealkylation sites (tertiary alicyclic amines) is 1. The number of anilines is 2. The summed E-state index contributed by atoms with van der Waals surface area (Å²) in [6.45, 7) is 3.89. The Balaban J connectivity index is 0.00000113. The smallest absolute Gasteiger partial charge is 0.303 e. The molecule has 0 aliphatic carbocycles. The highest BCUT2D eigenvalue weighted by atomic mass is 32.3. The van der Waals surface area contributed by atoms with Gasteiger partial charge < -0.3 is 4.90 Å². The first-order chi connectivity index (χ1) is 19.6. The minimum atomic E-state index is -4.67. The lowest BCUT2D eigenvalue weighted by atomic mass is 10.1. The minimum Gasteiger partial charge on any atom is -0.303 e. The van der Waals surface area contributed by atoms with E-state index in [4.69, 9.17) is 17.5 Å². The lowest BCUT2D eigenvalue weighted by Gasteiger charge is -2.15. The second kappa shape index (κ2) is 14.4. The van der Waals surface area contributed by atoms with Gasteiger partial charge in [-0.25, -0.2) is 0 Å². The third-order valence-electron chi connectivity index (χ3n) is 5.51. The van der Waals surface area contributed by atoms with E-state index in [-0.39, 0.29) is 11.4 Å². The molecule has 0 aromatic heterocycles. The first-order valence-corrected chi connectivity index (χ1v) is 12.9. The molecule has 1 aliphatic heterocycles. The van der Waals surface area contributed by atoms with Gasteiger partial charge in [0.15, 0.2) is 0 Å². The van der Waals surface area contributed by atoms with Crippen molar-refractivity contribution >= 4 is 55.9 Å². The predicted octanol–water partition coefficient (Wildman–Crippen LogP) is 3.02. The second-order valence-electron chi connectivity index (χ2n) is 8.15. The molecule has 0 spiro atoms. The molecule has 22 heteroatoms. The van der Waals surface area contributed by atoms with Crippen LogP contribution in [0.3, 0.4) is 0 Å². The first kappa shape index (κ1) is 33.0. The van der Waals surface area contributed by atoms with Crippen molar-refractivity contribution in [3.8, 4) is 0 Å². The van der Waals surface area contributed by atoms with E-state index in [9.17, 15) is 40.5 Å². The Morgan fingerprint density at radius 1 is 0.762 bits per heavy atom. The molecule has 2 aromatic rings. The number of nitro groups is 4. The summed E-state index contributed by atoms with van der Waals surface area (Å²) in [5, 5.41) is 53.3. The van der Waals surface area contributed by atoms with Crippen LogP contribution in [0.1, 0.15) is 19.8 Å². The molecule has 21 nitrogen and oxygen atoms in total. The summed E-state index contributed by atoms with van der Waals surface area (Å²) < 4.78 is 31.6. The minimum absolute atomic E-state index is 0.0713. The third kappa shape index (κ3) is 10.1. The van der Waals surface area contributed by atoms with E-state index in [1.165, 1.54) is 12.1 Å². The van der Waals surface area contributed by atoms with Crippen LogP contribution in [0.25, 0.3) is 0 Å². The van der Waals surface area contributed by atoms with E-state index in [2.05, 4.69) is 26.0 Å². The topological polar surface area (TPSA) is 299 Å². The molecule has 1 aliphatic rings. The van der Waals surface area contributed by atoms with Gasteiger partial charge in [-0.2, -0.15) is 18.6 Å². The zero-order valence-corrected chi connectivity index (χ0v) is 22.3. The van der Waals surface area contributed by atoms with Gasteiger partial charge in [-0.3, -0.25) is 60.4 Å². The van der Waals surface area contributed by atoms with Gasteiger partial charge in [-0.05, 0) is 18.7 Å². The Kier molecular flexibility index (Phi) is 11.4. The first-order valence-electron chi connectivity index (χ1n) is 11.5. The van der Waals surface area contributed by atoms with Crippen LogP contribution in [0.5, 0.6) is 0 Å². The number of non-ortho nitro benzene ring substituents is 2. The van der Waals surface area contributed by atoms with E-state index in [1.54, 1.807) is 0 Å². The number of rotatable bonds is 9. The van der Waals surface area contributed by atoms with Crippen LogP contribution in [-0.2, 0) is 10.4 Å². The van der Waals surface area contributed by atoms with Gasteiger partial charge in [-0.1, -0.05) is 6.92 Å². The highest BCUT2D eigenvalue weighted by Crippen LogP contribution is 2.30. The van der Waals surface area contributed by atoms with Gasteiger partial charge in [0, 0.05) is 38.1 Å². The fourth-order valence-corrected chi connectivity index (χ4v) is 3.50. The quantitative estimate of drug-likeness (QED) is 0.179. The van der Waals surface area contributed by atoms with Crippen molar-refractivity contribution in [1.82, 2.24) is 4.90 Å². The number of hydrazone groups is 2. The summed E-state index contributed by atoms with van der Waals surface area (Å²) in [5.74, 6) is 0. The summed E-state index contributed by atoms with van der Waals surface area (Å²) >= 11 is 0. The second-order valence-corrected chi connectivity index (χ2v) is 9.05. The summed E-state index contributed by atoms with van der Waals surface area (Å²) in [7, 11) is -4.67. The molecule has 0 amide bonds. The number of nitrogens with zero attached hydrogens (tertiary/aromatic N) is 7. The van der Waals surface area contributed by atoms with Crippen LogP contribution in [0.4, 0.5) is 34.1 Å². The van der Waals surface area contributed by atoms with Gasteiger partial charge in [0.25, 0.3) is 11.4 Å². The zero-order valence-electron chi connectivity index (χ0n) is 21.5. The molecule has 226 valence electrons. The molecule has 0 bridgehead atoms. The van der Waals surface area contributed by atoms with Gasteiger partial charge >= 0.3 is 21.8 Å². The average Bonchev–Trinajstić information content (AvgIpc) is 3.10. The van der Waals surface area contributed by atoms with E-state index >= 15 is 0 Å². The zero-order chi connectivity index (χ0) is 31.6. The Hall–Kier alpha value is -5.19. The molecule has 2 aromatic carbocycles. The number of hydrogen-bond acceptors (Lipinski definition) is 15. The van der Waals surface area contributed by atoms with Crippen LogP contribution in [0, 0.1) is 40.5 Å². The van der Waals surface area contributed by atoms with Crippen LogP contribution < -0.4 is 10.9 Å². The van der Waals surface area contributed by atoms with E-state index in [0.29, 0.717) is 37.4 Å². The van der Waals surface area contributed by atoms with Crippen molar-refractivity contribution in [2.45, 2.75) is 19.8 Å². The molecule has 1 fully saturated rings. The van der Waals surface area contributed by atoms with Crippen LogP contribution >= 0.6 is 0 Å². The molecule has 42 heavy (non-hydrogen) atoms. The number of nitrogens with one attached hydrogen (secondary N) is 2. The Morgan fingerprint density at radius 3 is 1.40 bits per heavy atom. The maximum absolute atomic E-state index is 11.4. The molecule has 4 N–H and O–H groups in total. The monoisotopic (exact) mass is 613 g/mol. The van der Waals surface area contributed by atoms with Crippen molar-refractivity contribution in [2.24, 2.45) is 10.2 Å². The summed E-state index contributed by atoms with van der Waals surface area (Å²) in [6, 6.07) is 6.18. The third-order valence-corrected chi connectivity index (χ3v) is 5.51. The summed E-state index contributed by atoms with van der Waals surface area (Å²) in [4.78, 5) is 43.8. The number of benzene rings is 2. The average molecular weight is 614 g/mol. The summed E-state index contributed by atoms with van der Waals surface area (Å²) in [5.41, 5.74) is 3.85. The van der Waals surface area contributed by atoms with Crippen LogP contribution in [0.15, 0.2) is 46.6 Å². The van der Waals surface area contributed by atoms with Crippen LogP contribution in [-0.4, -0.2) is 73.2 Å². The molecule has 3 rings (SSSR count). The van der Waals surface area contributed by atoms with Gasteiger partial charge in [0.2, 0.25) is 0 Å². The Bertz CT molecular complexity index is 1440. The van der Waals surface area contributed by atoms with Gasteiger partial charge in [0.1, 0.15) is 11.4 Å². The van der Waals surface area contributed by atoms with Gasteiger partial charge in [0.05, 0.1) is 43.2 Å². The van der Waals surface area contributed by atoms with E-state index in [1.807, 2.05) is 6.92 Å². The number of hydrogen-bond donors (Lipinski definition) is 4. The van der Waals surface area contributed by atoms with Gasteiger partial charge in [-0.15, -0.1) is 0 Å². The Labute approximate surface area is 235 Å². The maximum atomic E-state index is 11.4. The molecular weight excluding hydrogens is 590 g/mol. The highest BCUT2D eigenvalue weighted by Gasteiger charge is 2.23. The van der Waals surface area contributed by atoms with Crippen molar-refractivity contribution in [3.05, 3.63) is 76.9 Å². The molecule has 0 radical (unpaired) electrons. The molecule has 0 atom stereocenters. The van der Waals surface area contributed by atoms with Crippen LogP contribution in [0.2, 0.25) is 0 Å². The lowest BCUT2D eigenvalue weighted by Crippen LogP contribution is -2.24. The number of nitro benzene ring substituents is 4. The SMILES string of the molecule is CCN1CCC(=N\Nc2ccc([N+](=O)[O-])cc2[N+](=O)[O-])/C(=N/Nc2ccc([N+](=O)[O-])cc2[N+](=O)[O-])CC1.O=S(=O)(O)O. The molecule has 1 saturated heterocycles. The van der Waals surface area contributed by atoms with Crippen molar-refractivity contribution in [1.29, 1.82) is 0 Å². The molecule has 0 saturated carbocycles. The van der Waals surface area contributed by atoms with Crippen molar-refractivity contribution in [3.63, 3.8) is 0 Å². The summed E-state index contributed by atoms with van der Waals surface area (Å²) in [6.07, 6.45) is 0.759. The standard InChI is InChI=1S/C20H21N9O8.H2O4S/c1-2-25-9-7-15(21-23-17-5-3-13(26(30)31)11-19(17)28(34)35)16(8-10-25)22-24-18-6-4-14(27(32)33)12-20(18)29(36)37;1-5(2,3)4/h3-6,11-12,23-24H,2,7-10H2,1H3;(H2,1,2,3,4)/b21-15+,22-16+;. The van der Waals surface area contributed by atoms with Crippen molar-refractivity contribution in [2.75, 3.05) is 30.5 Å². The fraction of sp³-hybridized carbons (Fsp3) is 0.300. The van der Waals surface area contributed by atoms with E-state index in [0.717, 1.165) is 30.8 Å². The van der Waals surface area contributed by atoms with Crippen molar-refractivity contribution < 1.29 is 37.2 Å².